The summed E-state index contributed by atoms with van der Waals surface area (Å²) in [6, 6.07) is 7.59. The summed E-state index contributed by atoms with van der Waals surface area (Å²) in [5.41, 5.74) is 1.67. The van der Waals surface area contributed by atoms with Crippen LogP contribution in [-0.2, 0) is 6.54 Å². The van der Waals surface area contributed by atoms with Crippen LogP contribution in [0, 0.1) is 5.92 Å². The van der Waals surface area contributed by atoms with Crippen LogP contribution in [0.15, 0.2) is 36.7 Å². The average Bonchev–Trinajstić information content (AvgIpc) is 2.99. The van der Waals surface area contributed by atoms with Gasteiger partial charge in [-0.05, 0) is 24.1 Å². The van der Waals surface area contributed by atoms with E-state index in [9.17, 15) is 4.79 Å². The van der Waals surface area contributed by atoms with Crippen LogP contribution in [0.1, 0.15) is 24.2 Å². The van der Waals surface area contributed by atoms with Crippen LogP contribution in [-0.4, -0.2) is 41.0 Å². The lowest BCUT2D eigenvalue weighted by Crippen LogP contribution is -2.41. The summed E-state index contributed by atoms with van der Waals surface area (Å²) in [6.45, 7) is 4.77. The molecule has 0 spiro atoms. The highest BCUT2D eigenvalue weighted by Crippen LogP contribution is 2.14. The number of hydrogen-bond acceptors (Lipinski definition) is 4. The van der Waals surface area contributed by atoms with Crippen molar-refractivity contribution in [2.45, 2.75) is 26.4 Å². The molecule has 0 unspecified atom stereocenters. The summed E-state index contributed by atoms with van der Waals surface area (Å²) in [6.07, 6.45) is 3.44. The van der Waals surface area contributed by atoms with Crippen LogP contribution >= 0.6 is 0 Å². The molecule has 118 valence electrons. The molecule has 6 heteroatoms. The molecule has 1 amide bonds. The number of nitrogens with one attached hydrogen (secondary N) is 1. The predicted molar refractivity (Wildman–Crippen MR) is 86.9 cm³/mol. The molecule has 1 heterocycles. The van der Waals surface area contributed by atoms with Gasteiger partial charge in [0.15, 0.2) is 0 Å². The first-order valence-corrected chi connectivity index (χ1v) is 7.39. The van der Waals surface area contributed by atoms with Gasteiger partial charge in [-0.15, -0.1) is 5.10 Å². The number of amides is 1. The number of carbonyl (C=O) groups is 1. The van der Waals surface area contributed by atoms with E-state index >= 15 is 0 Å². The first kappa shape index (κ1) is 16.0. The molecule has 1 atom stereocenters. The second-order valence-corrected chi connectivity index (χ2v) is 5.89. The Morgan fingerprint density at radius 1 is 1.36 bits per heavy atom. The van der Waals surface area contributed by atoms with Gasteiger partial charge >= 0.3 is 0 Å². The zero-order chi connectivity index (χ0) is 16.1. The van der Waals surface area contributed by atoms with Crippen LogP contribution in [0.25, 0.3) is 0 Å². The van der Waals surface area contributed by atoms with E-state index in [1.807, 2.05) is 43.3 Å². The molecule has 0 bridgehead atoms. The predicted octanol–water partition coefficient (Wildman–Crippen LogP) is 1.80. The second-order valence-electron chi connectivity index (χ2n) is 5.89. The Hall–Kier alpha value is -2.37. The highest BCUT2D eigenvalue weighted by Gasteiger charge is 2.18. The molecule has 0 radical (unpaired) electrons. The topological polar surface area (TPSA) is 63.1 Å². The van der Waals surface area contributed by atoms with Gasteiger partial charge in [-0.1, -0.05) is 25.1 Å². The van der Waals surface area contributed by atoms with Crippen LogP contribution in [0.3, 0.4) is 0 Å². The Morgan fingerprint density at radius 3 is 2.73 bits per heavy atom. The first-order chi connectivity index (χ1) is 10.5. The maximum atomic E-state index is 12.5. The monoisotopic (exact) mass is 301 g/mol. The van der Waals surface area contributed by atoms with Crippen molar-refractivity contribution >= 4 is 11.6 Å². The molecule has 22 heavy (non-hydrogen) atoms. The third-order valence-electron chi connectivity index (χ3n) is 3.60. The SMILES string of the molecule is CC(C)[C@@H](Cn1ccnn1)NC(=O)c1cccc(N(C)C)c1. The van der Waals surface area contributed by atoms with Gasteiger partial charge in [0.25, 0.3) is 5.91 Å². The second kappa shape index (κ2) is 7.06. The van der Waals surface area contributed by atoms with Crippen molar-refractivity contribution in [2.24, 2.45) is 5.92 Å². The number of rotatable bonds is 6. The van der Waals surface area contributed by atoms with Gasteiger partial charge in [0.05, 0.1) is 18.8 Å². The third-order valence-corrected chi connectivity index (χ3v) is 3.60. The van der Waals surface area contributed by atoms with Crippen LogP contribution < -0.4 is 10.2 Å². The van der Waals surface area contributed by atoms with Crippen molar-refractivity contribution in [3.8, 4) is 0 Å². The molecule has 0 saturated carbocycles. The third kappa shape index (κ3) is 4.07. The normalized spacial score (nSPS) is 12.2. The standard InChI is InChI=1S/C16H23N5O/c1-12(2)15(11-21-9-8-17-19-21)18-16(22)13-6-5-7-14(10-13)20(3)4/h5-10,12,15H,11H2,1-4H3,(H,18,22)/t15-/m1/s1. The number of anilines is 1. The molecule has 6 nitrogen and oxygen atoms in total. The van der Waals surface area contributed by atoms with Crippen molar-refractivity contribution in [3.05, 3.63) is 42.2 Å². The molecule has 2 rings (SSSR count). The fourth-order valence-electron chi connectivity index (χ4n) is 2.13. The summed E-state index contributed by atoms with van der Waals surface area (Å²) in [5.74, 6) is 0.229. The molecule has 1 aromatic carbocycles. The number of aromatic nitrogens is 3. The van der Waals surface area contributed by atoms with Gasteiger partial charge in [-0.25, -0.2) is 0 Å². The summed E-state index contributed by atoms with van der Waals surface area (Å²) in [5, 5.41) is 10.9. The maximum absolute atomic E-state index is 12.5. The van der Waals surface area contributed by atoms with Crippen LogP contribution in [0.4, 0.5) is 5.69 Å². The number of benzene rings is 1. The molecule has 1 aromatic heterocycles. The number of nitrogens with zero attached hydrogens (tertiary/aromatic N) is 4. The lowest BCUT2D eigenvalue weighted by molar-refractivity contribution is 0.0919. The minimum atomic E-state index is -0.0671. The molecule has 0 aliphatic carbocycles. The van der Waals surface area contributed by atoms with E-state index in [2.05, 4.69) is 29.5 Å². The molecule has 2 aromatic rings. The minimum absolute atomic E-state index is 0.00258. The fourth-order valence-corrected chi connectivity index (χ4v) is 2.13. The van der Waals surface area contributed by atoms with Crippen molar-refractivity contribution in [3.63, 3.8) is 0 Å². The van der Waals surface area contributed by atoms with Gasteiger partial charge in [-0.3, -0.25) is 9.48 Å². The largest absolute Gasteiger partial charge is 0.378 e. The highest BCUT2D eigenvalue weighted by molar-refractivity contribution is 5.95. The van der Waals surface area contributed by atoms with E-state index in [0.29, 0.717) is 18.0 Å². The van der Waals surface area contributed by atoms with E-state index in [1.54, 1.807) is 17.1 Å². The Bertz CT molecular complexity index is 607. The Morgan fingerprint density at radius 2 is 2.14 bits per heavy atom. The van der Waals surface area contributed by atoms with E-state index < -0.39 is 0 Å². The maximum Gasteiger partial charge on any atom is 0.251 e. The molecule has 0 aliphatic rings. The summed E-state index contributed by atoms with van der Waals surface area (Å²) in [7, 11) is 3.91. The molecule has 0 fully saturated rings. The Balaban J connectivity index is 2.09. The van der Waals surface area contributed by atoms with E-state index in [0.717, 1.165) is 5.69 Å². The van der Waals surface area contributed by atoms with E-state index in [4.69, 9.17) is 0 Å². The number of carbonyl (C=O) groups excluding carboxylic acids is 1. The average molecular weight is 301 g/mol. The molecular weight excluding hydrogens is 278 g/mol. The van der Waals surface area contributed by atoms with Crippen molar-refractivity contribution in [2.75, 3.05) is 19.0 Å². The quantitative estimate of drug-likeness (QED) is 0.883. The highest BCUT2D eigenvalue weighted by atomic mass is 16.1. The van der Waals surface area contributed by atoms with Crippen molar-refractivity contribution in [1.82, 2.24) is 20.3 Å². The van der Waals surface area contributed by atoms with Gasteiger partial charge in [-0.2, -0.15) is 0 Å². The van der Waals surface area contributed by atoms with Gasteiger partial charge in [0, 0.05) is 31.5 Å². The van der Waals surface area contributed by atoms with Crippen molar-refractivity contribution < 1.29 is 4.79 Å². The van der Waals surface area contributed by atoms with Crippen molar-refractivity contribution in [1.29, 1.82) is 0 Å². The zero-order valence-electron chi connectivity index (χ0n) is 13.5. The Kier molecular flexibility index (Phi) is 5.14. The van der Waals surface area contributed by atoms with Crippen LogP contribution in [0.2, 0.25) is 0 Å². The molecule has 0 saturated heterocycles. The zero-order valence-corrected chi connectivity index (χ0v) is 13.5. The van der Waals surface area contributed by atoms with E-state index in [-0.39, 0.29) is 11.9 Å². The minimum Gasteiger partial charge on any atom is -0.378 e. The molecule has 0 aliphatic heterocycles. The lowest BCUT2D eigenvalue weighted by Gasteiger charge is -2.22. The number of hydrogen-bond donors (Lipinski definition) is 1. The molecule has 1 N–H and O–H groups in total. The van der Waals surface area contributed by atoms with Gasteiger partial charge < -0.3 is 10.2 Å². The summed E-state index contributed by atoms with van der Waals surface area (Å²) >= 11 is 0. The summed E-state index contributed by atoms with van der Waals surface area (Å²) < 4.78 is 1.74. The van der Waals surface area contributed by atoms with E-state index in [1.165, 1.54) is 0 Å². The fraction of sp³-hybridized carbons (Fsp3) is 0.438. The smallest absolute Gasteiger partial charge is 0.251 e. The first-order valence-electron chi connectivity index (χ1n) is 7.39. The summed E-state index contributed by atoms with van der Waals surface area (Å²) in [4.78, 5) is 14.5. The lowest BCUT2D eigenvalue weighted by atomic mass is 10.0. The molecular formula is C16H23N5O. The van der Waals surface area contributed by atoms with Gasteiger partial charge in [0.2, 0.25) is 0 Å². The van der Waals surface area contributed by atoms with Crippen LogP contribution in [0.5, 0.6) is 0 Å². The Labute approximate surface area is 131 Å². The van der Waals surface area contributed by atoms with Gasteiger partial charge in [0.1, 0.15) is 0 Å².